The van der Waals surface area contributed by atoms with Crippen molar-refractivity contribution in [3.8, 4) is 22.6 Å². The summed E-state index contributed by atoms with van der Waals surface area (Å²) in [7, 11) is 0. The van der Waals surface area contributed by atoms with E-state index in [4.69, 9.17) is 0 Å². The third kappa shape index (κ3) is 3.32. The SMILES string of the molecule is Cc1[nH]nnc1-c1ccnc(-c2cn(C[C@H]3CCc4cccc(C(C)C)c43)cn2)c1. The Morgan fingerprint density at radius 3 is 2.87 bits per heavy atom. The van der Waals surface area contributed by atoms with Gasteiger partial charge in [-0.05, 0) is 54.5 Å². The number of hydrogen-bond acceptors (Lipinski definition) is 4. The molecule has 0 spiro atoms. The zero-order chi connectivity index (χ0) is 20.7. The predicted octanol–water partition coefficient (Wildman–Crippen LogP) is 4.89. The third-order valence-corrected chi connectivity index (χ3v) is 6.11. The van der Waals surface area contributed by atoms with Gasteiger partial charge in [0, 0.05) is 30.4 Å². The number of fused-ring (bicyclic) bond motifs is 1. The molecule has 0 saturated carbocycles. The lowest BCUT2D eigenvalue weighted by atomic mass is 9.89. The van der Waals surface area contributed by atoms with Crippen LogP contribution in [0.2, 0.25) is 0 Å². The first kappa shape index (κ1) is 18.7. The van der Waals surface area contributed by atoms with E-state index >= 15 is 0 Å². The molecule has 6 heteroatoms. The highest BCUT2D eigenvalue weighted by atomic mass is 15.3. The maximum absolute atomic E-state index is 4.64. The molecule has 0 bridgehead atoms. The molecular weight excluding hydrogens is 372 g/mol. The summed E-state index contributed by atoms with van der Waals surface area (Å²) in [4.78, 5) is 9.18. The first-order chi connectivity index (χ1) is 14.6. The Labute approximate surface area is 176 Å². The van der Waals surface area contributed by atoms with Crippen LogP contribution in [0.1, 0.15) is 54.5 Å². The highest BCUT2D eigenvalue weighted by Gasteiger charge is 2.26. The summed E-state index contributed by atoms with van der Waals surface area (Å²) >= 11 is 0. The summed E-state index contributed by atoms with van der Waals surface area (Å²) in [6.45, 7) is 7.49. The number of aromatic amines is 1. The highest BCUT2D eigenvalue weighted by Crippen LogP contribution is 2.39. The topological polar surface area (TPSA) is 72.3 Å². The fourth-order valence-corrected chi connectivity index (χ4v) is 4.63. The monoisotopic (exact) mass is 398 g/mol. The van der Waals surface area contributed by atoms with Crippen molar-refractivity contribution >= 4 is 0 Å². The standard InChI is InChI=1S/C24H26N6/c1-15(2)20-6-4-5-17-7-8-19(23(17)20)12-30-13-22(26-14-30)21-11-18(9-10-25-21)24-16(3)27-29-28-24/h4-6,9-11,13-15,19H,7-8,12H2,1-3H3,(H,27,28,29)/t19-/m1/s1. The summed E-state index contributed by atoms with van der Waals surface area (Å²) in [5, 5.41) is 11.0. The molecular formula is C24H26N6. The van der Waals surface area contributed by atoms with Gasteiger partial charge in [0.05, 0.1) is 17.7 Å². The fourth-order valence-electron chi connectivity index (χ4n) is 4.63. The number of nitrogens with zero attached hydrogens (tertiary/aromatic N) is 5. The third-order valence-electron chi connectivity index (χ3n) is 6.11. The van der Waals surface area contributed by atoms with Gasteiger partial charge < -0.3 is 4.57 Å². The van der Waals surface area contributed by atoms with Crippen LogP contribution >= 0.6 is 0 Å². The second kappa shape index (κ2) is 7.52. The Morgan fingerprint density at radius 2 is 2.07 bits per heavy atom. The molecule has 0 radical (unpaired) electrons. The molecule has 1 atom stereocenters. The quantitative estimate of drug-likeness (QED) is 0.519. The second-order valence-corrected chi connectivity index (χ2v) is 8.48. The number of aromatic nitrogens is 6. The van der Waals surface area contributed by atoms with Crippen molar-refractivity contribution in [2.45, 2.75) is 52.0 Å². The van der Waals surface area contributed by atoms with E-state index < -0.39 is 0 Å². The van der Waals surface area contributed by atoms with E-state index in [1.165, 1.54) is 24.0 Å². The molecule has 0 aliphatic heterocycles. The molecule has 0 unspecified atom stereocenters. The summed E-state index contributed by atoms with van der Waals surface area (Å²) in [6.07, 6.45) is 8.22. The molecule has 0 saturated heterocycles. The van der Waals surface area contributed by atoms with Crippen molar-refractivity contribution in [2.24, 2.45) is 0 Å². The highest BCUT2D eigenvalue weighted by molar-refractivity contribution is 5.67. The number of benzene rings is 1. The molecule has 1 aliphatic rings. The molecule has 4 aromatic rings. The Balaban J connectivity index is 1.40. The van der Waals surface area contributed by atoms with Gasteiger partial charge in [0.25, 0.3) is 0 Å². The van der Waals surface area contributed by atoms with Crippen molar-refractivity contribution in [2.75, 3.05) is 0 Å². The summed E-state index contributed by atoms with van der Waals surface area (Å²) in [5.41, 5.74) is 9.09. The maximum Gasteiger partial charge on any atom is 0.115 e. The minimum atomic E-state index is 0.540. The molecule has 3 aromatic heterocycles. The average molecular weight is 399 g/mol. The van der Waals surface area contributed by atoms with Crippen LogP contribution in [0.15, 0.2) is 49.1 Å². The van der Waals surface area contributed by atoms with E-state index in [0.717, 1.165) is 34.9 Å². The van der Waals surface area contributed by atoms with Crippen molar-refractivity contribution in [3.63, 3.8) is 0 Å². The van der Waals surface area contributed by atoms with Crippen LogP contribution in [0.3, 0.4) is 0 Å². The van der Waals surface area contributed by atoms with E-state index in [1.807, 2.05) is 25.4 Å². The van der Waals surface area contributed by atoms with Crippen LogP contribution in [0.4, 0.5) is 0 Å². The van der Waals surface area contributed by atoms with Gasteiger partial charge in [0.15, 0.2) is 0 Å². The van der Waals surface area contributed by atoms with Gasteiger partial charge in [-0.2, -0.15) is 0 Å². The van der Waals surface area contributed by atoms with Crippen LogP contribution < -0.4 is 0 Å². The van der Waals surface area contributed by atoms with Gasteiger partial charge in [-0.15, -0.1) is 5.10 Å². The lowest BCUT2D eigenvalue weighted by Gasteiger charge is -2.18. The number of pyridine rings is 1. The second-order valence-electron chi connectivity index (χ2n) is 8.48. The smallest absolute Gasteiger partial charge is 0.115 e. The Morgan fingerprint density at radius 1 is 1.17 bits per heavy atom. The van der Waals surface area contributed by atoms with Crippen LogP contribution in [-0.2, 0) is 13.0 Å². The molecule has 0 amide bonds. The molecule has 1 aromatic carbocycles. The van der Waals surface area contributed by atoms with E-state index in [0.29, 0.717) is 11.8 Å². The molecule has 1 aliphatic carbocycles. The minimum absolute atomic E-state index is 0.540. The minimum Gasteiger partial charge on any atom is -0.336 e. The van der Waals surface area contributed by atoms with E-state index in [1.54, 1.807) is 11.8 Å². The van der Waals surface area contributed by atoms with Gasteiger partial charge in [0.1, 0.15) is 11.4 Å². The van der Waals surface area contributed by atoms with E-state index in [-0.39, 0.29) is 0 Å². The van der Waals surface area contributed by atoms with E-state index in [2.05, 4.69) is 68.2 Å². The van der Waals surface area contributed by atoms with Crippen molar-refractivity contribution < 1.29 is 0 Å². The first-order valence-electron chi connectivity index (χ1n) is 10.6. The number of H-pyrrole nitrogens is 1. The van der Waals surface area contributed by atoms with Crippen LogP contribution in [0, 0.1) is 6.92 Å². The van der Waals surface area contributed by atoms with Crippen molar-refractivity contribution in [3.05, 3.63) is 71.4 Å². The Kier molecular flexibility index (Phi) is 4.69. The van der Waals surface area contributed by atoms with E-state index in [9.17, 15) is 0 Å². The zero-order valence-electron chi connectivity index (χ0n) is 17.6. The molecule has 1 N–H and O–H groups in total. The lowest BCUT2D eigenvalue weighted by molar-refractivity contribution is 0.550. The molecule has 0 fully saturated rings. The zero-order valence-corrected chi connectivity index (χ0v) is 17.6. The van der Waals surface area contributed by atoms with Gasteiger partial charge >= 0.3 is 0 Å². The number of aryl methyl sites for hydroxylation is 2. The Hall–Kier alpha value is -3.28. The summed E-state index contributed by atoms with van der Waals surface area (Å²) in [6, 6.07) is 10.8. The number of nitrogens with one attached hydrogen (secondary N) is 1. The molecule has 152 valence electrons. The summed E-state index contributed by atoms with van der Waals surface area (Å²) in [5.74, 6) is 1.09. The first-order valence-corrected chi connectivity index (χ1v) is 10.6. The fraction of sp³-hybridized carbons (Fsp3) is 0.333. The molecule has 5 rings (SSSR count). The maximum atomic E-state index is 4.64. The van der Waals surface area contributed by atoms with Gasteiger partial charge in [0.2, 0.25) is 0 Å². The molecule has 6 nitrogen and oxygen atoms in total. The van der Waals surface area contributed by atoms with Crippen LogP contribution in [0.5, 0.6) is 0 Å². The number of rotatable bonds is 5. The predicted molar refractivity (Wildman–Crippen MR) is 117 cm³/mol. The van der Waals surface area contributed by atoms with Gasteiger partial charge in [-0.3, -0.25) is 10.1 Å². The normalized spacial score (nSPS) is 15.7. The van der Waals surface area contributed by atoms with Crippen LogP contribution in [0.25, 0.3) is 22.6 Å². The van der Waals surface area contributed by atoms with Crippen molar-refractivity contribution in [1.82, 2.24) is 29.9 Å². The lowest BCUT2D eigenvalue weighted by Crippen LogP contribution is -2.08. The largest absolute Gasteiger partial charge is 0.336 e. The number of imidazole rings is 1. The van der Waals surface area contributed by atoms with Crippen molar-refractivity contribution in [1.29, 1.82) is 0 Å². The van der Waals surface area contributed by atoms with Crippen LogP contribution in [-0.4, -0.2) is 29.9 Å². The molecule has 30 heavy (non-hydrogen) atoms. The van der Waals surface area contributed by atoms with Gasteiger partial charge in [-0.25, -0.2) is 4.98 Å². The Bertz CT molecular complexity index is 1190. The number of hydrogen-bond donors (Lipinski definition) is 1. The summed E-state index contributed by atoms with van der Waals surface area (Å²) < 4.78 is 2.21. The average Bonchev–Trinajstić information content (AvgIpc) is 3.48. The molecule has 3 heterocycles. The van der Waals surface area contributed by atoms with Gasteiger partial charge in [-0.1, -0.05) is 37.3 Å².